The average molecular weight is 238 g/mol. The summed E-state index contributed by atoms with van der Waals surface area (Å²) in [6, 6.07) is 12.7. The van der Waals surface area contributed by atoms with Crippen LogP contribution in [0.4, 0.5) is 0 Å². The first-order valence-corrected chi connectivity index (χ1v) is 6.41. The van der Waals surface area contributed by atoms with Gasteiger partial charge < -0.3 is 4.74 Å². The van der Waals surface area contributed by atoms with Gasteiger partial charge in [-0.1, -0.05) is 36.4 Å². The van der Waals surface area contributed by atoms with E-state index in [1.54, 1.807) is 0 Å². The lowest BCUT2D eigenvalue weighted by molar-refractivity contribution is -0.148. The number of rotatable bonds is 0. The first-order chi connectivity index (χ1) is 8.68. The normalized spacial score (nSPS) is 29.2. The summed E-state index contributed by atoms with van der Waals surface area (Å²) in [5.41, 5.74) is 2.16. The number of carbonyl (C=O) groups is 1. The quantitative estimate of drug-likeness (QED) is 0.659. The van der Waals surface area contributed by atoms with E-state index in [0.29, 0.717) is 12.3 Å². The van der Waals surface area contributed by atoms with Crippen LogP contribution in [-0.4, -0.2) is 5.97 Å². The first-order valence-electron chi connectivity index (χ1n) is 6.41. The number of ether oxygens (including phenoxy) is 1. The minimum Gasteiger partial charge on any atom is -0.454 e. The van der Waals surface area contributed by atoms with Gasteiger partial charge in [-0.05, 0) is 29.7 Å². The third kappa shape index (κ3) is 1.10. The minimum atomic E-state index is -0.409. The lowest BCUT2D eigenvalue weighted by Gasteiger charge is -2.25. The van der Waals surface area contributed by atoms with Crippen molar-refractivity contribution in [2.75, 3.05) is 0 Å². The molecule has 1 fully saturated rings. The molecule has 2 aliphatic rings. The second-order valence-corrected chi connectivity index (χ2v) is 5.51. The Kier molecular flexibility index (Phi) is 1.76. The van der Waals surface area contributed by atoms with Crippen molar-refractivity contribution in [2.45, 2.75) is 25.4 Å². The third-order valence-corrected chi connectivity index (χ3v) is 4.50. The minimum absolute atomic E-state index is 0.0546. The second kappa shape index (κ2) is 3.14. The summed E-state index contributed by atoms with van der Waals surface area (Å²) >= 11 is 0. The Bertz CT molecular complexity index is 674. The van der Waals surface area contributed by atoms with Gasteiger partial charge in [0.25, 0.3) is 0 Å². The molecule has 2 nitrogen and oxygen atoms in total. The summed E-state index contributed by atoms with van der Waals surface area (Å²) < 4.78 is 5.67. The van der Waals surface area contributed by atoms with Gasteiger partial charge in [0.2, 0.25) is 0 Å². The zero-order valence-corrected chi connectivity index (χ0v) is 10.3. The van der Waals surface area contributed by atoms with E-state index in [2.05, 4.69) is 37.3 Å². The molecule has 2 heteroatoms. The highest BCUT2D eigenvalue weighted by atomic mass is 16.6. The highest BCUT2D eigenvalue weighted by molar-refractivity contribution is 5.89. The van der Waals surface area contributed by atoms with Crippen molar-refractivity contribution in [1.82, 2.24) is 0 Å². The van der Waals surface area contributed by atoms with Gasteiger partial charge in [0, 0.05) is 11.5 Å². The Morgan fingerprint density at radius 1 is 1.17 bits per heavy atom. The topological polar surface area (TPSA) is 26.3 Å². The molecule has 1 saturated heterocycles. The van der Waals surface area contributed by atoms with Crippen molar-refractivity contribution in [3.05, 3.63) is 47.5 Å². The smallest absolute Gasteiger partial charge is 0.307 e. The Morgan fingerprint density at radius 3 is 2.89 bits per heavy atom. The number of fused-ring (bicyclic) bond motifs is 5. The van der Waals surface area contributed by atoms with Crippen molar-refractivity contribution >= 4 is 16.7 Å². The Morgan fingerprint density at radius 2 is 2.00 bits per heavy atom. The van der Waals surface area contributed by atoms with E-state index in [4.69, 9.17) is 4.74 Å². The largest absolute Gasteiger partial charge is 0.454 e. The Balaban J connectivity index is 2.06. The highest BCUT2D eigenvalue weighted by Crippen LogP contribution is 2.52. The third-order valence-electron chi connectivity index (χ3n) is 4.50. The van der Waals surface area contributed by atoms with Gasteiger partial charge in [0.15, 0.2) is 0 Å². The molecule has 0 N–H and O–H groups in total. The molecule has 0 amide bonds. The molecule has 0 spiro atoms. The zero-order valence-electron chi connectivity index (χ0n) is 10.3. The van der Waals surface area contributed by atoms with E-state index >= 15 is 0 Å². The fourth-order valence-electron chi connectivity index (χ4n) is 3.62. The summed E-state index contributed by atoms with van der Waals surface area (Å²) in [6.07, 6.45) is 1.52. The molecule has 0 radical (unpaired) electrons. The molecule has 2 aromatic rings. The lowest BCUT2D eigenvalue weighted by Crippen LogP contribution is -2.24. The molecule has 1 heterocycles. The van der Waals surface area contributed by atoms with E-state index in [1.807, 2.05) is 6.07 Å². The number of benzene rings is 2. The summed E-state index contributed by atoms with van der Waals surface area (Å²) in [5.74, 6) is 0.256. The van der Waals surface area contributed by atoms with Gasteiger partial charge in [0.1, 0.15) is 5.60 Å². The van der Waals surface area contributed by atoms with Crippen LogP contribution < -0.4 is 0 Å². The van der Waals surface area contributed by atoms with Crippen LogP contribution in [0.3, 0.4) is 0 Å². The standard InChI is InChI=1S/C16H14O2/c1-16-12(9-14(17)18-16)8-11-7-6-10-4-2-3-5-13(10)15(11)16/h2-7,12H,8-9H2,1H3/t12-,16+/m0/s1. The molecule has 18 heavy (non-hydrogen) atoms. The van der Waals surface area contributed by atoms with Crippen LogP contribution in [-0.2, 0) is 21.6 Å². The fourth-order valence-corrected chi connectivity index (χ4v) is 3.62. The van der Waals surface area contributed by atoms with Gasteiger partial charge >= 0.3 is 5.97 Å². The Hall–Kier alpha value is -1.83. The van der Waals surface area contributed by atoms with Gasteiger partial charge in [-0.2, -0.15) is 0 Å². The molecule has 2 aromatic carbocycles. The molecule has 1 aliphatic heterocycles. The van der Waals surface area contributed by atoms with Gasteiger partial charge in [-0.15, -0.1) is 0 Å². The molecule has 0 bridgehead atoms. The van der Waals surface area contributed by atoms with E-state index in [0.717, 1.165) is 6.42 Å². The Labute approximate surface area is 106 Å². The van der Waals surface area contributed by atoms with Crippen LogP contribution in [0.5, 0.6) is 0 Å². The second-order valence-electron chi connectivity index (χ2n) is 5.51. The summed E-state index contributed by atoms with van der Waals surface area (Å²) in [7, 11) is 0. The highest BCUT2D eigenvalue weighted by Gasteiger charge is 2.52. The zero-order chi connectivity index (χ0) is 12.3. The SMILES string of the molecule is C[C@@]12OC(=O)C[C@@H]1Cc1ccc3ccccc3c12. The van der Waals surface area contributed by atoms with Crippen LogP contribution >= 0.6 is 0 Å². The summed E-state index contributed by atoms with van der Waals surface area (Å²) in [6.45, 7) is 2.07. The van der Waals surface area contributed by atoms with Crippen molar-refractivity contribution in [1.29, 1.82) is 0 Å². The van der Waals surface area contributed by atoms with Crippen molar-refractivity contribution in [3.8, 4) is 0 Å². The van der Waals surface area contributed by atoms with Crippen LogP contribution in [0.2, 0.25) is 0 Å². The molecule has 2 atom stereocenters. The molecule has 4 rings (SSSR count). The average Bonchev–Trinajstić information content (AvgIpc) is 2.77. The van der Waals surface area contributed by atoms with Crippen LogP contribution in [0, 0.1) is 5.92 Å². The molecular weight excluding hydrogens is 224 g/mol. The van der Waals surface area contributed by atoms with Crippen molar-refractivity contribution < 1.29 is 9.53 Å². The van der Waals surface area contributed by atoms with Gasteiger partial charge in [0.05, 0.1) is 6.42 Å². The molecule has 0 aromatic heterocycles. The molecule has 0 unspecified atom stereocenters. The predicted octanol–water partition coefficient (Wildman–Crippen LogP) is 3.17. The number of hydrogen-bond acceptors (Lipinski definition) is 2. The van der Waals surface area contributed by atoms with Gasteiger partial charge in [-0.25, -0.2) is 0 Å². The molecule has 90 valence electrons. The predicted molar refractivity (Wildman–Crippen MR) is 69.2 cm³/mol. The van der Waals surface area contributed by atoms with E-state index in [9.17, 15) is 4.79 Å². The van der Waals surface area contributed by atoms with Crippen molar-refractivity contribution in [2.24, 2.45) is 5.92 Å². The number of hydrogen-bond donors (Lipinski definition) is 0. The van der Waals surface area contributed by atoms with Crippen LogP contribution in [0.15, 0.2) is 36.4 Å². The van der Waals surface area contributed by atoms with Crippen LogP contribution in [0.1, 0.15) is 24.5 Å². The fraction of sp³-hybridized carbons (Fsp3) is 0.312. The lowest BCUT2D eigenvalue weighted by atomic mass is 9.87. The molecule has 1 aliphatic carbocycles. The van der Waals surface area contributed by atoms with E-state index in [-0.39, 0.29) is 5.97 Å². The van der Waals surface area contributed by atoms with Gasteiger partial charge in [-0.3, -0.25) is 4.79 Å². The monoisotopic (exact) mass is 238 g/mol. The number of carbonyl (C=O) groups excluding carboxylic acids is 1. The summed E-state index contributed by atoms with van der Waals surface area (Å²) in [5, 5.41) is 2.45. The van der Waals surface area contributed by atoms with Crippen molar-refractivity contribution in [3.63, 3.8) is 0 Å². The number of esters is 1. The maximum absolute atomic E-state index is 11.6. The van der Waals surface area contributed by atoms with Crippen LogP contribution in [0.25, 0.3) is 10.8 Å². The maximum Gasteiger partial charge on any atom is 0.307 e. The van der Waals surface area contributed by atoms with E-state index < -0.39 is 5.60 Å². The molecular formula is C16H14O2. The summed E-state index contributed by atoms with van der Waals surface area (Å²) in [4.78, 5) is 11.6. The maximum atomic E-state index is 11.6. The first kappa shape index (κ1) is 10.1. The molecule has 0 saturated carbocycles. The van der Waals surface area contributed by atoms with E-state index in [1.165, 1.54) is 21.9 Å².